The number of carboxylic acids is 1. The SMILES string of the molecule is COc1ccc(Nc2ncnc3[nH]cc(CN(C)CCCNC(C)C)c23)cc1OCC(=O)O. The highest BCUT2D eigenvalue weighted by Crippen LogP contribution is 2.33. The van der Waals surface area contributed by atoms with Crippen LogP contribution in [0, 0.1) is 0 Å². The highest BCUT2D eigenvalue weighted by atomic mass is 16.5. The second-order valence-electron chi connectivity index (χ2n) is 8.13. The smallest absolute Gasteiger partial charge is 0.341 e. The Hall–Kier alpha value is -3.37. The molecule has 0 unspecified atom stereocenters. The van der Waals surface area contributed by atoms with Crippen LogP contribution in [0.15, 0.2) is 30.7 Å². The maximum atomic E-state index is 10.9. The second kappa shape index (κ2) is 11.5. The minimum atomic E-state index is -1.06. The molecular weight excluding hydrogens is 424 g/mol. The minimum Gasteiger partial charge on any atom is -0.493 e. The first-order valence-corrected chi connectivity index (χ1v) is 10.9. The van der Waals surface area contributed by atoms with Crippen LogP contribution in [0.3, 0.4) is 0 Å². The number of rotatable bonds is 13. The van der Waals surface area contributed by atoms with Gasteiger partial charge in [0.1, 0.15) is 17.8 Å². The lowest BCUT2D eigenvalue weighted by Gasteiger charge is -2.17. The molecule has 3 rings (SSSR count). The molecule has 0 bridgehead atoms. The average Bonchev–Trinajstić information content (AvgIpc) is 3.19. The zero-order chi connectivity index (χ0) is 23.8. The number of carboxylic acid groups (broad SMARTS) is 1. The first-order chi connectivity index (χ1) is 15.9. The molecule has 2 aromatic heterocycles. The van der Waals surface area contributed by atoms with Crippen molar-refractivity contribution in [3.05, 3.63) is 36.3 Å². The Labute approximate surface area is 193 Å². The predicted molar refractivity (Wildman–Crippen MR) is 127 cm³/mol. The lowest BCUT2D eigenvalue weighted by atomic mass is 10.2. The van der Waals surface area contributed by atoms with Crippen LogP contribution in [0.4, 0.5) is 11.5 Å². The van der Waals surface area contributed by atoms with Gasteiger partial charge in [0, 0.05) is 30.5 Å². The summed E-state index contributed by atoms with van der Waals surface area (Å²) < 4.78 is 10.6. The summed E-state index contributed by atoms with van der Waals surface area (Å²) in [4.78, 5) is 25.2. The molecule has 0 amide bonds. The number of carbonyl (C=O) groups is 1. The van der Waals surface area contributed by atoms with Gasteiger partial charge in [0.25, 0.3) is 0 Å². The van der Waals surface area contributed by atoms with E-state index in [0.717, 1.165) is 42.7 Å². The molecule has 0 saturated carbocycles. The van der Waals surface area contributed by atoms with Gasteiger partial charge in [-0.3, -0.25) is 0 Å². The summed E-state index contributed by atoms with van der Waals surface area (Å²) in [6, 6.07) is 5.72. The first kappa shape index (κ1) is 24.3. The fourth-order valence-electron chi connectivity index (χ4n) is 3.50. The van der Waals surface area contributed by atoms with Gasteiger partial charge >= 0.3 is 5.97 Å². The Bertz CT molecular complexity index is 1070. The van der Waals surface area contributed by atoms with E-state index in [4.69, 9.17) is 14.6 Å². The topological polar surface area (TPSA) is 125 Å². The Morgan fingerprint density at radius 2 is 2.09 bits per heavy atom. The number of aliphatic carboxylic acids is 1. The number of hydrogen-bond donors (Lipinski definition) is 4. The number of H-pyrrole nitrogens is 1. The van der Waals surface area contributed by atoms with Crippen molar-refractivity contribution in [3.8, 4) is 11.5 Å². The molecule has 10 nitrogen and oxygen atoms in total. The fraction of sp³-hybridized carbons (Fsp3) is 0.435. The molecule has 0 aliphatic rings. The number of ether oxygens (including phenoxy) is 2. The van der Waals surface area contributed by atoms with Crippen molar-refractivity contribution in [3.63, 3.8) is 0 Å². The number of aromatic nitrogens is 3. The van der Waals surface area contributed by atoms with Crippen molar-refractivity contribution in [2.45, 2.75) is 32.9 Å². The summed E-state index contributed by atoms with van der Waals surface area (Å²) in [7, 11) is 3.60. The van der Waals surface area contributed by atoms with E-state index in [1.54, 1.807) is 12.1 Å². The first-order valence-electron chi connectivity index (χ1n) is 10.9. The van der Waals surface area contributed by atoms with Gasteiger partial charge in [0.2, 0.25) is 0 Å². The van der Waals surface area contributed by atoms with Crippen molar-refractivity contribution >= 4 is 28.5 Å². The van der Waals surface area contributed by atoms with E-state index < -0.39 is 12.6 Å². The van der Waals surface area contributed by atoms with Crippen LogP contribution >= 0.6 is 0 Å². The van der Waals surface area contributed by atoms with Crippen LogP contribution in [-0.2, 0) is 11.3 Å². The molecule has 3 aromatic rings. The molecule has 0 atom stereocenters. The highest BCUT2D eigenvalue weighted by molar-refractivity contribution is 5.92. The van der Waals surface area contributed by atoms with Gasteiger partial charge in [-0.2, -0.15) is 0 Å². The third-order valence-corrected chi connectivity index (χ3v) is 5.04. The number of hydrogen-bond acceptors (Lipinski definition) is 8. The largest absolute Gasteiger partial charge is 0.493 e. The van der Waals surface area contributed by atoms with E-state index in [9.17, 15) is 4.79 Å². The summed E-state index contributed by atoms with van der Waals surface area (Å²) >= 11 is 0. The van der Waals surface area contributed by atoms with Crippen molar-refractivity contribution < 1.29 is 19.4 Å². The van der Waals surface area contributed by atoms with Gasteiger partial charge in [-0.05, 0) is 44.3 Å². The van der Waals surface area contributed by atoms with Crippen LogP contribution in [0.25, 0.3) is 11.0 Å². The Balaban J connectivity index is 1.77. The number of nitrogens with one attached hydrogen (secondary N) is 3. The molecule has 178 valence electrons. The fourth-order valence-corrected chi connectivity index (χ4v) is 3.50. The predicted octanol–water partition coefficient (Wildman–Crippen LogP) is 2.99. The normalized spacial score (nSPS) is 11.3. The molecule has 0 saturated heterocycles. The maximum Gasteiger partial charge on any atom is 0.341 e. The molecule has 0 aliphatic heterocycles. The van der Waals surface area contributed by atoms with Gasteiger partial charge in [-0.25, -0.2) is 14.8 Å². The van der Waals surface area contributed by atoms with Gasteiger partial charge < -0.3 is 35.1 Å². The van der Waals surface area contributed by atoms with E-state index in [-0.39, 0.29) is 0 Å². The summed E-state index contributed by atoms with van der Waals surface area (Å²) in [5.41, 5.74) is 2.52. The molecule has 0 aliphatic carbocycles. The lowest BCUT2D eigenvalue weighted by Crippen LogP contribution is -2.27. The van der Waals surface area contributed by atoms with E-state index in [1.807, 2.05) is 12.3 Å². The van der Waals surface area contributed by atoms with Gasteiger partial charge in [0.05, 0.1) is 12.5 Å². The average molecular weight is 457 g/mol. The van der Waals surface area contributed by atoms with Gasteiger partial charge in [0.15, 0.2) is 18.1 Å². The minimum absolute atomic E-state index is 0.333. The summed E-state index contributed by atoms with van der Waals surface area (Å²) in [5.74, 6) is 0.374. The third-order valence-electron chi connectivity index (χ3n) is 5.04. The van der Waals surface area contributed by atoms with Crippen LogP contribution < -0.4 is 20.1 Å². The summed E-state index contributed by atoms with van der Waals surface area (Å²) in [6.45, 7) is 6.53. The van der Waals surface area contributed by atoms with Gasteiger partial charge in [-0.15, -0.1) is 0 Å². The number of aromatic amines is 1. The zero-order valence-corrected chi connectivity index (χ0v) is 19.5. The van der Waals surface area contributed by atoms with Crippen LogP contribution in [-0.4, -0.2) is 70.8 Å². The molecule has 2 heterocycles. The molecule has 0 fully saturated rings. The van der Waals surface area contributed by atoms with Crippen molar-refractivity contribution in [1.82, 2.24) is 25.2 Å². The number of fused-ring (bicyclic) bond motifs is 1. The molecule has 0 radical (unpaired) electrons. The van der Waals surface area contributed by atoms with Gasteiger partial charge in [-0.1, -0.05) is 13.8 Å². The number of methoxy groups -OCH3 is 1. The Morgan fingerprint density at radius 3 is 2.82 bits per heavy atom. The van der Waals surface area contributed by atoms with Crippen LogP contribution in [0.2, 0.25) is 0 Å². The maximum absolute atomic E-state index is 10.9. The van der Waals surface area contributed by atoms with Crippen molar-refractivity contribution in [2.24, 2.45) is 0 Å². The molecular formula is C23H32N6O4. The molecule has 4 N–H and O–H groups in total. The standard InChI is InChI=1S/C23H32N6O4/c1-15(2)24-8-5-9-29(3)12-16-11-25-22-21(16)23(27-14-26-22)28-17-6-7-18(32-4)19(10-17)33-13-20(30)31/h6-7,10-11,14-15,24H,5,8-9,12-13H2,1-4H3,(H,30,31)(H2,25,26,27,28). The Kier molecular flexibility index (Phi) is 8.45. The van der Waals surface area contributed by atoms with Crippen molar-refractivity contribution in [1.29, 1.82) is 0 Å². The second-order valence-corrected chi connectivity index (χ2v) is 8.13. The van der Waals surface area contributed by atoms with E-state index in [1.165, 1.54) is 13.4 Å². The summed E-state index contributed by atoms with van der Waals surface area (Å²) in [6.07, 6.45) is 4.52. The molecule has 1 aromatic carbocycles. The molecule has 10 heteroatoms. The zero-order valence-electron chi connectivity index (χ0n) is 19.5. The summed E-state index contributed by atoms with van der Waals surface area (Å²) in [5, 5.41) is 16.6. The molecule has 0 spiro atoms. The quantitative estimate of drug-likeness (QED) is 0.287. The highest BCUT2D eigenvalue weighted by Gasteiger charge is 2.14. The monoisotopic (exact) mass is 456 g/mol. The van der Waals surface area contributed by atoms with E-state index >= 15 is 0 Å². The number of benzene rings is 1. The number of anilines is 2. The lowest BCUT2D eigenvalue weighted by molar-refractivity contribution is -0.139. The molecule has 33 heavy (non-hydrogen) atoms. The number of nitrogens with zero attached hydrogens (tertiary/aromatic N) is 3. The van der Waals surface area contributed by atoms with Crippen LogP contribution in [0.5, 0.6) is 11.5 Å². The van der Waals surface area contributed by atoms with Crippen molar-refractivity contribution in [2.75, 3.05) is 39.2 Å². The van der Waals surface area contributed by atoms with E-state index in [2.05, 4.69) is 51.4 Å². The van der Waals surface area contributed by atoms with E-state index in [0.29, 0.717) is 29.0 Å². The third kappa shape index (κ3) is 6.80. The Morgan fingerprint density at radius 1 is 1.27 bits per heavy atom. The van der Waals surface area contributed by atoms with Crippen LogP contribution in [0.1, 0.15) is 25.8 Å².